The number of halogens is 5. The molecule has 1 heterocycles. The van der Waals surface area contributed by atoms with Crippen LogP contribution in [0.2, 0.25) is 0 Å². The van der Waals surface area contributed by atoms with Gasteiger partial charge in [-0.3, -0.25) is 4.68 Å². The monoisotopic (exact) mass is 273 g/mol. The number of aromatic nitrogens is 2. The molecular weight excluding hydrogens is 265 g/mol. The van der Waals surface area contributed by atoms with Crippen molar-refractivity contribution in [2.45, 2.75) is 12.1 Å². The molecule has 0 aromatic carbocycles. The first-order valence-corrected chi connectivity index (χ1v) is 4.39. The smallest absolute Gasteiger partial charge is 0.459 e. The Hall–Kier alpha value is -1.87. The van der Waals surface area contributed by atoms with Crippen LogP contribution in [0.1, 0.15) is 16.2 Å². The molecule has 1 aromatic heterocycles. The number of aryl methyl sites for hydroxylation is 1. The third-order valence-corrected chi connectivity index (χ3v) is 2.12. The maximum absolute atomic E-state index is 13.1. The predicted octanol–water partition coefficient (Wildman–Crippen LogP) is 1.44. The largest absolute Gasteiger partial charge is 0.464 e. The number of hydrogen-bond donors (Lipinski definition) is 1. The lowest BCUT2D eigenvalue weighted by molar-refractivity contribution is -0.290. The zero-order valence-electron chi connectivity index (χ0n) is 9.18. The Labute approximate surface area is 97.3 Å². The van der Waals surface area contributed by atoms with Crippen LogP contribution in [-0.2, 0) is 17.7 Å². The molecule has 0 aliphatic carbocycles. The Morgan fingerprint density at radius 3 is 2.22 bits per heavy atom. The van der Waals surface area contributed by atoms with E-state index in [9.17, 15) is 26.7 Å². The average molecular weight is 273 g/mol. The standard InChI is InChI=1S/C8H8F5N3O2/c1-16-4(6(17)18-2)3(14)5(15-16)7(9,10)8(11,12)13/h14H2,1-2H3. The molecule has 0 bridgehead atoms. The number of rotatable bonds is 2. The highest BCUT2D eigenvalue weighted by molar-refractivity contribution is 5.93. The van der Waals surface area contributed by atoms with Crippen LogP contribution in [0.5, 0.6) is 0 Å². The molecule has 0 atom stereocenters. The molecule has 0 aliphatic heterocycles. The van der Waals surface area contributed by atoms with Crippen LogP contribution in [-0.4, -0.2) is 29.0 Å². The number of carbonyl (C=O) groups excluding carboxylic acids is 1. The van der Waals surface area contributed by atoms with E-state index in [1.807, 2.05) is 0 Å². The van der Waals surface area contributed by atoms with Gasteiger partial charge in [0.2, 0.25) is 0 Å². The summed E-state index contributed by atoms with van der Waals surface area (Å²) in [6.45, 7) is 0. The Morgan fingerprint density at radius 2 is 1.83 bits per heavy atom. The number of carbonyl (C=O) groups is 1. The molecule has 0 saturated carbocycles. The molecule has 0 radical (unpaired) electrons. The van der Waals surface area contributed by atoms with Gasteiger partial charge >= 0.3 is 18.1 Å². The summed E-state index contributed by atoms with van der Waals surface area (Å²) >= 11 is 0. The molecule has 18 heavy (non-hydrogen) atoms. The maximum atomic E-state index is 13.1. The topological polar surface area (TPSA) is 70.1 Å². The fourth-order valence-electron chi connectivity index (χ4n) is 1.25. The molecule has 2 N–H and O–H groups in total. The predicted molar refractivity (Wildman–Crippen MR) is 48.9 cm³/mol. The third kappa shape index (κ3) is 1.97. The van der Waals surface area contributed by atoms with Crippen molar-refractivity contribution in [3.05, 3.63) is 11.4 Å². The Balaban J connectivity index is 3.43. The molecule has 10 heteroatoms. The second-order valence-corrected chi connectivity index (χ2v) is 3.30. The van der Waals surface area contributed by atoms with Crippen molar-refractivity contribution in [2.24, 2.45) is 7.05 Å². The van der Waals surface area contributed by atoms with Gasteiger partial charge in [-0.25, -0.2) is 4.79 Å². The van der Waals surface area contributed by atoms with Crippen LogP contribution >= 0.6 is 0 Å². The molecule has 0 unspecified atom stereocenters. The minimum Gasteiger partial charge on any atom is -0.464 e. The molecule has 1 aromatic rings. The summed E-state index contributed by atoms with van der Waals surface area (Å²) in [6, 6.07) is 0. The van der Waals surface area contributed by atoms with E-state index in [1.165, 1.54) is 0 Å². The average Bonchev–Trinajstić information content (AvgIpc) is 2.52. The summed E-state index contributed by atoms with van der Waals surface area (Å²) in [5.74, 6) is -6.41. The molecular formula is C8H8F5N3O2. The van der Waals surface area contributed by atoms with Gasteiger partial charge in [0.15, 0.2) is 11.4 Å². The van der Waals surface area contributed by atoms with Gasteiger partial charge in [0, 0.05) is 7.05 Å². The van der Waals surface area contributed by atoms with Crippen LogP contribution in [0.3, 0.4) is 0 Å². The van der Waals surface area contributed by atoms with Crippen molar-refractivity contribution in [1.29, 1.82) is 0 Å². The van der Waals surface area contributed by atoms with Gasteiger partial charge < -0.3 is 10.5 Å². The first kappa shape index (κ1) is 14.2. The lowest BCUT2D eigenvalue weighted by Gasteiger charge is -2.17. The first-order valence-electron chi connectivity index (χ1n) is 4.39. The zero-order chi connectivity index (χ0) is 14.3. The SMILES string of the molecule is COC(=O)c1c(N)c(C(F)(F)C(F)(F)F)nn1C. The highest BCUT2D eigenvalue weighted by Gasteiger charge is 2.62. The number of anilines is 1. The van der Waals surface area contributed by atoms with Crippen LogP contribution in [0.15, 0.2) is 0 Å². The number of esters is 1. The minimum atomic E-state index is -5.86. The summed E-state index contributed by atoms with van der Waals surface area (Å²) in [7, 11) is 1.93. The number of nitrogens with two attached hydrogens (primary N) is 1. The number of ether oxygens (including phenoxy) is 1. The third-order valence-electron chi connectivity index (χ3n) is 2.12. The first-order chi connectivity index (χ1) is 8.04. The fourth-order valence-corrected chi connectivity index (χ4v) is 1.25. The van der Waals surface area contributed by atoms with Gasteiger partial charge in [-0.05, 0) is 0 Å². The second-order valence-electron chi connectivity index (χ2n) is 3.30. The Kier molecular flexibility index (Phi) is 3.24. The summed E-state index contributed by atoms with van der Waals surface area (Å²) in [5.41, 5.74) is 1.64. The minimum absolute atomic E-state index is 0.510. The molecule has 1 rings (SSSR count). The maximum Gasteiger partial charge on any atom is 0.459 e. The van der Waals surface area contributed by atoms with Crippen LogP contribution in [0.4, 0.5) is 27.6 Å². The molecule has 0 fully saturated rings. The van der Waals surface area contributed by atoms with Crippen LogP contribution in [0, 0.1) is 0 Å². The lowest BCUT2D eigenvalue weighted by atomic mass is 10.2. The van der Waals surface area contributed by atoms with E-state index < -0.39 is 35.1 Å². The summed E-state index contributed by atoms with van der Waals surface area (Å²) < 4.78 is 67.3. The molecule has 5 nitrogen and oxygen atoms in total. The van der Waals surface area contributed by atoms with Gasteiger partial charge in [-0.15, -0.1) is 0 Å². The molecule has 0 spiro atoms. The van der Waals surface area contributed by atoms with Crippen LogP contribution in [0.25, 0.3) is 0 Å². The second kappa shape index (κ2) is 4.10. The van der Waals surface area contributed by atoms with E-state index in [0.29, 0.717) is 4.68 Å². The van der Waals surface area contributed by atoms with Crippen molar-refractivity contribution in [1.82, 2.24) is 9.78 Å². The van der Waals surface area contributed by atoms with Crippen molar-refractivity contribution >= 4 is 11.7 Å². The molecule has 102 valence electrons. The number of hydrogen-bond acceptors (Lipinski definition) is 4. The van der Waals surface area contributed by atoms with Gasteiger partial charge in [0.1, 0.15) is 0 Å². The fraction of sp³-hybridized carbons (Fsp3) is 0.500. The quantitative estimate of drug-likeness (QED) is 0.654. The Bertz CT molecular complexity index is 480. The van der Waals surface area contributed by atoms with E-state index in [4.69, 9.17) is 5.73 Å². The van der Waals surface area contributed by atoms with Crippen molar-refractivity contribution < 1.29 is 31.5 Å². The highest BCUT2D eigenvalue weighted by Crippen LogP contribution is 2.45. The van der Waals surface area contributed by atoms with E-state index in [1.54, 1.807) is 0 Å². The number of nitrogens with zero attached hydrogens (tertiary/aromatic N) is 2. The normalized spacial score (nSPS) is 12.6. The summed E-state index contributed by atoms with van der Waals surface area (Å²) in [6.07, 6.45) is -5.86. The van der Waals surface area contributed by atoms with E-state index in [0.717, 1.165) is 14.2 Å². The van der Waals surface area contributed by atoms with Gasteiger partial charge in [0.25, 0.3) is 0 Å². The molecule has 0 saturated heterocycles. The van der Waals surface area contributed by atoms with Crippen molar-refractivity contribution in [2.75, 3.05) is 12.8 Å². The number of nitrogen functional groups attached to an aromatic ring is 1. The van der Waals surface area contributed by atoms with Gasteiger partial charge in [-0.1, -0.05) is 0 Å². The highest BCUT2D eigenvalue weighted by atomic mass is 19.4. The van der Waals surface area contributed by atoms with Crippen molar-refractivity contribution in [3.8, 4) is 0 Å². The van der Waals surface area contributed by atoms with Gasteiger partial charge in [-0.2, -0.15) is 27.1 Å². The molecule has 0 amide bonds. The van der Waals surface area contributed by atoms with E-state index in [-0.39, 0.29) is 0 Å². The molecule has 0 aliphatic rings. The lowest BCUT2D eigenvalue weighted by Crippen LogP contribution is -2.34. The van der Waals surface area contributed by atoms with Crippen LogP contribution < -0.4 is 5.73 Å². The van der Waals surface area contributed by atoms with E-state index in [2.05, 4.69) is 9.84 Å². The summed E-state index contributed by atoms with van der Waals surface area (Å²) in [5, 5.41) is 2.94. The Morgan fingerprint density at radius 1 is 1.33 bits per heavy atom. The summed E-state index contributed by atoms with van der Waals surface area (Å²) in [4.78, 5) is 11.2. The number of methoxy groups -OCH3 is 1. The zero-order valence-corrected chi connectivity index (χ0v) is 9.18. The van der Waals surface area contributed by atoms with Crippen molar-refractivity contribution in [3.63, 3.8) is 0 Å². The van der Waals surface area contributed by atoms with Gasteiger partial charge in [0.05, 0.1) is 12.8 Å². The van der Waals surface area contributed by atoms with E-state index >= 15 is 0 Å². The number of alkyl halides is 5.